The molecule has 1 atom stereocenters. The topological polar surface area (TPSA) is 68.3 Å². The molecule has 0 aliphatic carbocycles. The highest BCUT2D eigenvalue weighted by Crippen LogP contribution is 2.32. The fourth-order valence-electron chi connectivity index (χ4n) is 2.87. The zero-order valence-electron chi connectivity index (χ0n) is 15.4. The van der Waals surface area contributed by atoms with E-state index in [0.29, 0.717) is 11.1 Å². The number of fused-ring (bicyclic) bond motifs is 1. The van der Waals surface area contributed by atoms with Crippen molar-refractivity contribution in [2.24, 2.45) is 0 Å². The van der Waals surface area contributed by atoms with Gasteiger partial charge in [0.2, 0.25) is 0 Å². The second-order valence-corrected chi connectivity index (χ2v) is 7.40. The van der Waals surface area contributed by atoms with Crippen LogP contribution < -0.4 is 5.32 Å². The first-order valence-corrected chi connectivity index (χ1v) is 9.81. The number of ether oxygens (including phenoxy) is 1. The predicted octanol–water partition coefficient (Wildman–Crippen LogP) is 4.42. The summed E-state index contributed by atoms with van der Waals surface area (Å²) in [4.78, 5) is 29.1. The Morgan fingerprint density at radius 1 is 1.15 bits per heavy atom. The number of amides is 1. The molecule has 2 aromatic carbocycles. The molecule has 3 aromatic rings. The van der Waals surface area contributed by atoms with E-state index in [1.807, 2.05) is 43.3 Å². The molecule has 5 nitrogen and oxygen atoms in total. The Balaban J connectivity index is 1.73. The molecule has 0 spiro atoms. The fourth-order valence-corrected chi connectivity index (χ4v) is 3.87. The molecule has 0 aliphatic rings. The van der Waals surface area contributed by atoms with Gasteiger partial charge in [-0.3, -0.25) is 4.79 Å². The Bertz CT molecular complexity index is 918. The molecule has 27 heavy (non-hydrogen) atoms. The highest BCUT2D eigenvalue weighted by molar-refractivity contribution is 7.21. The Morgan fingerprint density at radius 2 is 1.89 bits per heavy atom. The zero-order valence-corrected chi connectivity index (χ0v) is 16.2. The maximum atomic E-state index is 12.5. The minimum absolute atomic E-state index is 0.0660. The van der Waals surface area contributed by atoms with Crippen LogP contribution in [0.5, 0.6) is 0 Å². The third-order valence-electron chi connectivity index (χ3n) is 4.13. The summed E-state index contributed by atoms with van der Waals surface area (Å²) >= 11 is 1.52. The molecule has 1 amide bonds. The lowest BCUT2D eigenvalue weighted by Gasteiger charge is -2.13. The smallest absolute Gasteiger partial charge is 0.339 e. The van der Waals surface area contributed by atoms with Crippen molar-refractivity contribution < 1.29 is 14.3 Å². The van der Waals surface area contributed by atoms with Gasteiger partial charge in [-0.05, 0) is 31.5 Å². The van der Waals surface area contributed by atoms with Crippen molar-refractivity contribution in [1.29, 1.82) is 0 Å². The van der Waals surface area contributed by atoms with Gasteiger partial charge in [0.1, 0.15) is 5.01 Å². The molecule has 0 radical (unpaired) electrons. The summed E-state index contributed by atoms with van der Waals surface area (Å²) in [7, 11) is 0. The lowest BCUT2D eigenvalue weighted by molar-refractivity contribution is -0.124. The summed E-state index contributed by atoms with van der Waals surface area (Å²) in [6.07, 6.45) is 1.87. The number of para-hydroxylation sites is 1. The van der Waals surface area contributed by atoms with Crippen molar-refractivity contribution in [3.63, 3.8) is 0 Å². The predicted molar refractivity (Wildman–Crippen MR) is 108 cm³/mol. The van der Waals surface area contributed by atoms with Gasteiger partial charge in [-0.2, -0.15) is 0 Å². The van der Waals surface area contributed by atoms with Crippen LogP contribution >= 0.6 is 11.3 Å². The SMILES string of the molecule is CCC[C@@H](C)NC(=O)COC(=O)c1ccccc1-c1nc2ccccc2s1. The standard InChI is InChI=1S/C21H22N2O3S/c1-3-8-14(2)22-19(24)13-26-21(25)16-10-5-4-9-15(16)20-23-17-11-6-7-12-18(17)27-20/h4-7,9-12,14H,3,8,13H2,1-2H3,(H,22,24)/t14-/m1/s1. The molecule has 140 valence electrons. The summed E-state index contributed by atoms with van der Waals surface area (Å²) < 4.78 is 6.29. The van der Waals surface area contributed by atoms with Crippen LogP contribution in [0.3, 0.4) is 0 Å². The first kappa shape index (κ1) is 19.0. The number of hydrogen-bond acceptors (Lipinski definition) is 5. The largest absolute Gasteiger partial charge is 0.452 e. The molecule has 0 aliphatic heterocycles. The Kier molecular flexibility index (Phi) is 6.19. The van der Waals surface area contributed by atoms with Crippen LogP contribution in [-0.4, -0.2) is 29.5 Å². The maximum absolute atomic E-state index is 12.5. The summed E-state index contributed by atoms with van der Waals surface area (Å²) in [5.74, 6) is -0.815. The molecule has 1 heterocycles. The molecule has 0 unspecified atom stereocenters. The van der Waals surface area contributed by atoms with Crippen LogP contribution in [0, 0.1) is 0 Å². The van der Waals surface area contributed by atoms with Gasteiger partial charge >= 0.3 is 5.97 Å². The Morgan fingerprint density at radius 3 is 2.67 bits per heavy atom. The Hall–Kier alpha value is -2.73. The van der Waals surface area contributed by atoms with Gasteiger partial charge in [0, 0.05) is 11.6 Å². The number of benzene rings is 2. The molecule has 1 aromatic heterocycles. The number of nitrogens with one attached hydrogen (secondary N) is 1. The molecule has 6 heteroatoms. The van der Waals surface area contributed by atoms with E-state index in [2.05, 4.69) is 17.2 Å². The van der Waals surface area contributed by atoms with Crippen LogP contribution in [-0.2, 0) is 9.53 Å². The quantitative estimate of drug-likeness (QED) is 0.614. The molecule has 0 fully saturated rings. The molecule has 3 rings (SSSR count). The summed E-state index contributed by atoms with van der Waals surface area (Å²) in [5.41, 5.74) is 2.01. The van der Waals surface area contributed by atoms with Gasteiger partial charge in [-0.15, -0.1) is 11.3 Å². The minimum Gasteiger partial charge on any atom is -0.452 e. The van der Waals surface area contributed by atoms with Gasteiger partial charge < -0.3 is 10.1 Å². The van der Waals surface area contributed by atoms with E-state index in [9.17, 15) is 9.59 Å². The van der Waals surface area contributed by atoms with Gasteiger partial charge in [0.05, 0.1) is 15.8 Å². The molecular formula is C21H22N2O3S. The van der Waals surface area contributed by atoms with E-state index in [1.165, 1.54) is 11.3 Å². The van der Waals surface area contributed by atoms with Gasteiger partial charge in [0.15, 0.2) is 6.61 Å². The van der Waals surface area contributed by atoms with Crippen molar-refractivity contribution >= 4 is 33.4 Å². The van der Waals surface area contributed by atoms with Crippen LogP contribution in [0.4, 0.5) is 0 Å². The third-order valence-corrected chi connectivity index (χ3v) is 5.20. The summed E-state index contributed by atoms with van der Waals surface area (Å²) in [6.45, 7) is 3.70. The Labute approximate surface area is 162 Å². The van der Waals surface area contributed by atoms with Gasteiger partial charge in [-0.25, -0.2) is 9.78 Å². The van der Waals surface area contributed by atoms with Crippen molar-refractivity contribution in [2.75, 3.05) is 6.61 Å². The monoisotopic (exact) mass is 382 g/mol. The van der Waals surface area contributed by atoms with Crippen molar-refractivity contribution in [3.05, 3.63) is 54.1 Å². The van der Waals surface area contributed by atoms with E-state index < -0.39 is 5.97 Å². The second-order valence-electron chi connectivity index (χ2n) is 6.37. The van der Waals surface area contributed by atoms with Crippen molar-refractivity contribution in [1.82, 2.24) is 10.3 Å². The van der Waals surface area contributed by atoms with E-state index in [1.54, 1.807) is 12.1 Å². The van der Waals surface area contributed by atoms with E-state index in [-0.39, 0.29) is 18.6 Å². The van der Waals surface area contributed by atoms with Crippen LogP contribution in [0.1, 0.15) is 37.0 Å². The van der Waals surface area contributed by atoms with E-state index >= 15 is 0 Å². The number of nitrogens with zero attached hydrogens (tertiary/aromatic N) is 1. The van der Waals surface area contributed by atoms with Crippen molar-refractivity contribution in [3.8, 4) is 10.6 Å². The first-order valence-electron chi connectivity index (χ1n) is 9.00. The lowest BCUT2D eigenvalue weighted by Crippen LogP contribution is -2.35. The summed E-state index contributed by atoms with van der Waals surface area (Å²) in [5, 5.41) is 3.58. The van der Waals surface area contributed by atoms with Gasteiger partial charge in [-0.1, -0.05) is 43.7 Å². The molecule has 0 bridgehead atoms. The van der Waals surface area contributed by atoms with Gasteiger partial charge in [0.25, 0.3) is 5.91 Å². The van der Waals surface area contributed by atoms with E-state index in [0.717, 1.165) is 28.1 Å². The summed E-state index contributed by atoms with van der Waals surface area (Å²) in [6, 6.07) is 15.1. The van der Waals surface area contributed by atoms with E-state index in [4.69, 9.17) is 4.74 Å². The fraction of sp³-hybridized carbons (Fsp3) is 0.286. The first-order chi connectivity index (χ1) is 13.1. The number of carbonyl (C=O) groups is 2. The number of esters is 1. The number of carbonyl (C=O) groups excluding carboxylic acids is 2. The number of rotatable bonds is 7. The average Bonchev–Trinajstić information content (AvgIpc) is 3.10. The number of thiazole rings is 1. The number of aromatic nitrogens is 1. The lowest BCUT2D eigenvalue weighted by atomic mass is 10.1. The molecule has 1 N–H and O–H groups in total. The highest BCUT2D eigenvalue weighted by atomic mass is 32.1. The number of hydrogen-bond donors (Lipinski definition) is 1. The van der Waals surface area contributed by atoms with Crippen LogP contribution in [0.2, 0.25) is 0 Å². The van der Waals surface area contributed by atoms with Crippen molar-refractivity contribution in [2.45, 2.75) is 32.7 Å². The average molecular weight is 382 g/mol. The third kappa shape index (κ3) is 4.71. The maximum Gasteiger partial charge on any atom is 0.339 e. The normalized spacial score (nSPS) is 11.9. The minimum atomic E-state index is -0.525. The van der Waals surface area contributed by atoms with Crippen LogP contribution in [0.25, 0.3) is 20.8 Å². The second kappa shape index (κ2) is 8.77. The zero-order chi connectivity index (χ0) is 19.2. The molecule has 0 saturated carbocycles. The van der Waals surface area contributed by atoms with Crippen LogP contribution in [0.15, 0.2) is 48.5 Å². The molecular weight excluding hydrogens is 360 g/mol. The molecule has 0 saturated heterocycles. The highest BCUT2D eigenvalue weighted by Gasteiger charge is 2.18.